The molecule has 0 radical (unpaired) electrons. The predicted molar refractivity (Wildman–Crippen MR) is 92.1 cm³/mol. The highest BCUT2D eigenvalue weighted by molar-refractivity contribution is 6.11. The second-order valence-corrected chi connectivity index (χ2v) is 5.57. The minimum absolute atomic E-state index is 0.0643. The fourth-order valence-corrected chi connectivity index (χ4v) is 2.75. The molecule has 1 heterocycles. The molecule has 122 valence electrons. The van der Waals surface area contributed by atoms with Gasteiger partial charge in [0.05, 0.1) is 22.0 Å². The maximum atomic E-state index is 12.5. The molecule has 3 aromatic rings. The number of fused-ring (bicyclic) bond motifs is 2. The first-order chi connectivity index (χ1) is 12.0. The van der Waals surface area contributed by atoms with E-state index in [4.69, 9.17) is 5.73 Å². The molecule has 7 nitrogen and oxygen atoms in total. The Labute approximate surface area is 141 Å². The van der Waals surface area contributed by atoms with Gasteiger partial charge in [0.25, 0.3) is 5.91 Å². The van der Waals surface area contributed by atoms with Gasteiger partial charge in [0, 0.05) is 11.1 Å². The van der Waals surface area contributed by atoms with Crippen molar-refractivity contribution >= 4 is 34.1 Å². The minimum Gasteiger partial charge on any atom is -0.505 e. The molecule has 4 rings (SSSR count). The number of amides is 3. The zero-order valence-electron chi connectivity index (χ0n) is 12.9. The van der Waals surface area contributed by atoms with E-state index in [0.29, 0.717) is 21.8 Å². The van der Waals surface area contributed by atoms with Gasteiger partial charge < -0.3 is 16.2 Å². The van der Waals surface area contributed by atoms with E-state index >= 15 is 0 Å². The number of nitrogens with two attached hydrogens (primary N) is 1. The van der Waals surface area contributed by atoms with E-state index in [1.54, 1.807) is 36.4 Å². The number of hydrogen-bond acceptors (Lipinski definition) is 4. The summed E-state index contributed by atoms with van der Waals surface area (Å²) in [5.74, 6) is -0.789. The van der Waals surface area contributed by atoms with Crippen LogP contribution < -0.4 is 21.8 Å². The summed E-state index contributed by atoms with van der Waals surface area (Å²) in [5.41, 5.74) is 6.59. The van der Waals surface area contributed by atoms with Crippen LogP contribution in [0.25, 0.3) is 10.8 Å². The molecule has 3 amide bonds. The molecular formula is C18H12N4O3. The highest BCUT2D eigenvalue weighted by Gasteiger charge is 2.17. The number of urea groups is 1. The number of nitrogens with one attached hydrogen (secondary N) is 1. The smallest absolute Gasteiger partial charge is 0.368 e. The Bertz CT molecular complexity index is 1180. The van der Waals surface area contributed by atoms with Crippen LogP contribution in [0.1, 0.15) is 10.4 Å². The first-order valence-corrected chi connectivity index (χ1v) is 7.46. The highest BCUT2D eigenvalue weighted by atomic mass is 16.3. The zero-order chi connectivity index (χ0) is 17.6. The quantitative estimate of drug-likeness (QED) is 0.489. The second-order valence-electron chi connectivity index (χ2n) is 5.57. The molecule has 0 aromatic heterocycles. The fourth-order valence-electron chi connectivity index (χ4n) is 2.75. The third-order valence-corrected chi connectivity index (χ3v) is 3.97. The average Bonchev–Trinajstić information content (AvgIpc) is 2.97. The molecule has 3 aromatic carbocycles. The minimum atomic E-state index is -0.571. The lowest BCUT2D eigenvalue weighted by atomic mass is 10.0. The van der Waals surface area contributed by atoms with Gasteiger partial charge in [-0.05, 0) is 29.7 Å². The van der Waals surface area contributed by atoms with Crippen LogP contribution in [0.4, 0.5) is 16.2 Å². The Morgan fingerprint density at radius 2 is 1.80 bits per heavy atom. The maximum Gasteiger partial charge on any atom is 0.368 e. The molecule has 1 aliphatic heterocycles. The number of anilines is 2. The molecule has 0 spiro atoms. The van der Waals surface area contributed by atoms with Gasteiger partial charge in [-0.1, -0.05) is 24.3 Å². The summed E-state index contributed by atoms with van der Waals surface area (Å²) in [6, 6.07) is 13.0. The van der Waals surface area contributed by atoms with Crippen molar-refractivity contribution in [3.05, 3.63) is 64.8 Å². The summed E-state index contributed by atoms with van der Waals surface area (Å²) in [6.45, 7) is 0. The monoisotopic (exact) mass is 332 g/mol. The van der Waals surface area contributed by atoms with E-state index in [2.05, 4.69) is 15.3 Å². The number of carbonyl (C=O) groups is 2. The van der Waals surface area contributed by atoms with Crippen LogP contribution in [-0.4, -0.2) is 17.0 Å². The summed E-state index contributed by atoms with van der Waals surface area (Å²) < 4.78 is 0. The Balaban J connectivity index is 1.73. The number of carbonyl (C=O) groups excluding carboxylic acids is 2. The Kier molecular flexibility index (Phi) is 3.21. The Morgan fingerprint density at radius 1 is 1.04 bits per heavy atom. The average molecular weight is 332 g/mol. The van der Waals surface area contributed by atoms with Crippen LogP contribution in [0.3, 0.4) is 0 Å². The Hall–Kier alpha value is -3.74. The topological polar surface area (TPSA) is 117 Å². The first-order valence-electron chi connectivity index (χ1n) is 7.46. The van der Waals surface area contributed by atoms with Crippen LogP contribution in [0.2, 0.25) is 0 Å². The van der Waals surface area contributed by atoms with Gasteiger partial charge in [-0.2, -0.15) is 9.98 Å². The summed E-state index contributed by atoms with van der Waals surface area (Å²) in [5, 5.41) is 15.2. The van der Waals surface area contributed by atoms with E-state index in [-0.39, 0.29) is 17.0 Å². The van der Waals surface area contributed by atoms with Gasteiger partial charge in [0.15, 0.2) is 5.75 Å². The molecule has 0 aliphatic carbocycles. The van der Waals surface area contributed by atoms with Crippen LogP contribution in [0, 0.1) is 0 Å². The van der Waals surface area contributed by atoms with E-state index in [9.17, 15) is 14.7 Å². The van der Waals surface area contributed by atoms with Crippen molar-refractivity contribution in [2.45, 2.75) is 0 Å². The maximum absolute atomic E-state index is 12.5. The molecule has 4 N–H and O–H groups in total. The normalized spacial score (nSPS) is 12.4. The van der Waals surface area contributed by atoms with E-state index in [1.807, 2.05) is 12.1 Å². The number of benzene rings is 3. The largest absolute Gasteiger partial charge is 0.505 e. The molecule has 0 saturated carbocycles. The predicted octanol–water partition coefficient (Wildman–Crippen LogP) is 1.75. The molecule has 0 unspecified atom stereocenters. The van der Waals surface area contributed by atoms with Crippen molar-refractivity contribution in [1.29, 1.82) is 0 Å². The van der Waals surface area contributed by atoms with E-state index < -0.39 is 11.9 Å². The van der Waals surface area contributed by atoms with Crippen LogP contribution in [-0.2, 0) is 0 Å². The summed E-state index contributed by atoms with van der Waals surface area (Å²) in [7, 11) is 0. The van der Waals surface area contributed by atoms with Crippen molar-refractivity contribution in [3.8, 4) is 5.75 Å². The molecular weight excluding hydrogens is 320 g/mol. The Morgan fingerprint density at radius 3 is 2.64 bits per heavy atom. The van der Waals surface area contributed by atoms with E-state index in [0.717, 1.165) is 5.39 Å². The second kappa shape index (κ2) is 5.41. The lowest BCUT2D eigenvalue weighted by molar-refractivity contribution is 0.102. The number of phenolic OH excluding ortho intramolecular Hbond substituents is 1. The first kappa shape index (κ1) is 14.8. The van der Waals surface area contributed by atoms with Crippen LogP contribution in [0.5, 0.6) is 5.75 Å². The summed E-state index contributed by atoms with van der Waals surface area (Å²) >= 11 is 0. The van der Waals surface area contributed by atoms with Crippen molar-refractivity contribution in [2.24, 2.45) is 9.98 Å². The number of nitrogens with zero attached hydrogens (tertiary/aromatic N) is 2. The molecule has 0 atom stereocenters. The molecule has 0 bridgehead atoms. The van der Waals surface area contributed by atoms with Crippen molar-refractivity contribution < 1.29 is 14.7 Å². The third kappa shape index (κ3) is 2.47. The zero-order valence-corrected chi connectivity index (χ0v) is 12.9. The highest BCUT2D eigenvalue weighted by Crippen LogP contribution is 2.33. The number of nitrogen functional groups attached to an aromatic ring is 1. The SMILES string of the molecule is Nc1c(O)c(C(=O)Nc2ccc3c(c2)=NC(=O)N=3)cc2ccccc12. The summed E-state index contributed by atoms with van der Waals surface area (Å²) in [6.07, 6.45) is 0. The number of phenols is 1. The number of rotatable bonds is 2. The van der Waals surface area contributed by atoms with Gasteiger partial charge in [0.2, 0.25) is 0 Å². The standard InChI is InChI=1S/C18H12N4O3/c19-15-11-4-2-1-3-9(11)7-12(16(15)23)17(24)20-10-5-6-13-14(8-10)22-18(25)21-13/h1-8,23H,19H2,(H,20,24). The van der Waals surface area contributed by atoms with Gasteiger partial charge in [0.1, 0.15) is 0 Å². The van der Waals surface area contributed by atoms with E-state index in [1.165, 1.54) is 0 Å². The summed E-state index contributed by atoms with van der Waals surface area (Å²) in [4.78, 5) is 31.2. The fraction of sp³-hybridized carbons (Fsp3) is 0. The molecule has 0 fully saturated rings. The lowest BCUT2D eigenvalue weighted by Gasteiger charge is -2.11. The van der Waals surface area contributed by atoms with Gasteiger partial charge >= 0.3 is 6.03 Å². The van der Waals surface area contributed by atoms with Crippen LogP contribution >= 0.6 is 0 Å². The van der Waals surface area contributed by atoms with Crippen molar-refractivity contribution in [2.75, 3.05) is 11.1 Å². The van der Waals surface area contributed by atoms with Crippen molar-refractivity contribution in [1.82, 2.24) is 0 Å². The molecule has 0 saturated heterocycles. The number of aromatic hydroxyl groups is 1. The lowest BCUT2D eigenvalue weighted by Crippen LogP contribution is -2.23. The molecule has 1 aliphatic rings. The molecule has 7 heteroatoms. The van der Waals surface area contributed by atoms with Crippen molar-refractivity contribution in [3.63, 3.8) is 0 Å². The van der Waals surface area contributed by atoms with Gasteiger partial charge in [-0.3, -0.25) is 4.79 Å². The van der Waals surface area contributed by atoms with Gasteiger partial charge in [-0.15, -0.1) is 0 Å². The third-order valence-electron chi connectivity index (χ3n) is 3.97. The molecule has 25 heavy (non-hydrogen) atoms. The number of hydrogen-bond donors (Lipinski definition) is 3. The van der Waals surface area contributed by atoms with Gasteiger partial charge in [-0.25, -0.2) is 4.79 Å². The van der Waals surface area contributed by atoms with Crippen LogP contribution in [0.15, 0.2) is 58.5 Å².